The van der Waals surface area contributed by atoms with Gasteiger partial charge in [-0.2, -0.15) is 0 Å². The van der Waals surface area contributed by atoms with Crippen LogP contribution in [0.15, 0.2) is 18.2 Å². The van der Waals surface area contributed by atoms with E-state index >= 15 is 0 Å². The number of aryl methyl sites for hydroxylation is 1. The fourth-order valence-electron chi connectivity index (χ4n) is 3.71. The molecule has 0 fully saturated rings. The summed E-state index contributed by atoms with van der Waals surface area (Å²) < 4.78 is 2.48. The molecule has 1 aromatic heterocycles. The third-order valence-corrected chi connectivity index (χ3v) is 4.58. The van der Waals surface area contributed by atoms with Gasteiger partial charge >= 0.3 is 0 Å². The molecule has 21 heavy (non-hydrogen) atoms. The van der Waals surface area contributed by atoms with E-state index in [9.17, 15) is 4.79 Å². The van der Waals surface area contributed by atoms with E-state index in [1.165, 1.54) is 35.0 Å². The van der Waals surface area contributed by atoms with Gasteiger partial charge in [0, 0.05) is 28.7 Å². The Morgan fingerprint density at radius 2 is 2.19 bits per heavy atom. The second-order valence-corrected chi connectivity index (χ2v) is 6.76. The molecule has 0 saturated carbocycles. The van der Waals surface area contributed by atoms with Crippen LogP contribution in [-0.2, 0) is 13.0 Å². The Morgan fingerprint density at radius 1 is 1.43 bits per heavy atom. The zero-order valence-electron chi connectivity index (χ0n) is 13.1. The highest BCUT2D eigenvalue weighted by Gasteiger charge is 2.25. The molecule has 1 aromatic carbocycles. The lowest BCUT2D eigenvalue weighted by Gasteiger charge is -2.23. The van der Waals surface area contributed by atoms with E-state index in [-0.39, 0.29) is 5.91 Å². The van der Waals surface area contributed by atoms with Gasteiger partial charge in [-0.25, -0.2) is 0 Å². The summed E-state index contributed by atoms with van der Waals surface area (Å²) in [6, 6.07) is 5.92. The molecule has 1 atom stereocenters. The molecular weight excluding hydrogens is 260 g/mol. The van der Waals surface area contributed by atoms with E-state index in [0.717, 1.165) is 13.0 Å². The first-order valence-electron chi connectivity index (χ1n) is 7.94. The fourth-order valence-corrected chi connectivity index (χ4v) is 3.71. The van der Waals surface area contributed by atoms with Crippen LogP contribution >= 0.6 is 0 Å². The van der Waals surface area contributed by atoms with Crippen molar-refractivity contribution < 1.29 is 4.79 Å². The zero-order chi connectivity index (χ0) is 15.1. The van der Waals surface area contributed by atoms with Crippen LogP contribution in [0, 0.1) is 5.92 Å². The second-order valence-electron chi connectivity index (χ2n) is 6.76. The minimum Gasteiger partial charge on any atom is -0.366 e. The van der Waals surface area contributed by atoms with Crippen LogP contribution in [0.1, 0.15) is 61.1 Å². The number of amides is 1. The summed E-state index contributed by atoms with van der Waals surface area (Å²) in [4.78, 5) is 11.5. The average molecular weight is 284 g/mol. The molecule has 1 unspecified atom stereocenters. The number of nitrogens with zero attached hydrogens (tertiary/aromatic N) is 1. The maximum atomic E-state index is 11.5. The van der Waals surface area contributed by atoms with E-state index < -0.39 is 0 Å². The van der Waals surface area contributed by atoms with Gasteiger partial charge in [-0.1, -0.05) is 20.8 Å². The van der Waals surface area contributed by atoms with Gasteiger partial charge in [-0.05, 0) is 54.9 Å². The highest BCUT2D eigenvalue weighted by Crippen LogP contribution is 2.39. The number of hydrogen-bond acceptors (Lipinski definition) is 1. The Labute approximate surface area is 126 Å². The SMILES string of the molecule is CC(C)Cn1c2c(c3cc(C(N)=O)ccc31)CCCC2C. The van der Waals surface area contributed by atoms with Crippen LogP contribution < -0.4 is 5.73 Å². The van der Waals surface area contributed by atoms with Gasteiger partial charge in [0.05, 0.1) is 0 Å². The Kier molecular flexibility index (Phi) is 3.52. The van der Waals surface area contributed by atoms with Crippen molar-refractivity contribution >= 4 is 16.8 Å². The molecule has 0 saturated heterocycles. The van der Waals surface area contributed by atoms with Gasteiger partial charge in [0.2, 0.25) is 5.91 Å². The van der Waals surface area contributed by atoms with Crippen molar-refractivity contribution in [1.29, 1.82) is 0 Å². The number of carbonyl (C=O) groups excluding carboxylic acids is 1. The first-order chi connectivity index (χ1) is 9.99. The maximum Gasteiger partial charge on any atom is 0.248 e. The number of nitrogens with two attached hydrogens (primary N) is 1. The minimum absolute atomic E-state index is 0.342. The molecule has 1 heterocycles. The van der Waals surface area contributed by atoms with Gasteiger partial charge in [-0.15, -0.1) is 0 Å². The summed E-state index contributed by atoms with van der Waals surface area (Å²) in [6.45, 7) is 7.86. The molecule has 1 aliphatic carbocycles. The topological polar surface area (TPSA) is 48.0 Å². The zero-order valence-corrected chi connectivity index (χ0v) is 13.1. The summed E-state index contributed by atoms with van der Waals surface area (Å²) >= 11 is 0. The maximum absolute atomic E-state index is 11.5. The lowest BCUT2D eigenvalue weighted by atomic mass is 9.87. The third kappa shape index (κ3) is 2.35. The van der Waals surface area contributed by atoms with E-state index in [2.05, 4.69) is 31.4 Å². The van der Waals surface area contributed by atoms with E-state index in [0.29, 0.717) is 17.4 Å². The second kappa shape index (κ2) is 5.21. The molecule has 0 aliphatic heterocycles. The van der Waals surface area contributed by atoms with Crippen molar-refractivity contribution in [3.05, 3.63) is 35.0 Å². The number of fused-ring (bicyclic) bond motifs is 3. The Hall–Kier alpha value is -1.77. The predicted molar refractivity (Wildman–Crippen MR) is 86.6 cm³/mol. The van der Waals surface area contributed by atoms with Crippen LogP contribution in [-0.4, -0.2) is 10.5 Å². The smallest absolute Gasteiger partial charge is 0.248 e. The molecule has 0 spiro atoms. The molecular formula is C18H24N2O. The molecule has 2 N–H and O–H groups in total. The summed E-state index contributed by atoms with van der Waals surface area (Å²) in [5.74, 6) is 0.859. The van der Waals surface area contributed by atoms with Crippen molar-refractivity contribution in [2.24, 2.45) is 11.7 Å². The normalized spacial score (nSPS) is 18.2. The Balaban J connectivity index is 2.28. The molecule has 3 nitrogen and oxygen atoms in total. The lowest BCUT2D eigenvalue weighted by molar-refractivity contribution is 0.100. The molecule has 2 aromatic rings. The lowest BCUT2D eigenvalue weighted by Crippen LogP contribution is -2.14. The highest BCUT2D eigenvalue weighted by atomic mass is 16.1. The van der Waals surface area contributed by atoms with Gasteiger partial charge < -0.3 is 10.3 Å². The molecule has 3 rings (SSSR count). The largest absolute Gasteiger partial charge is 0.366 e. The summed E-state index contributed by atoms with van der Waals surface area (Å²) in [6.07, 6.45) is 3.60. The van der Waals surface area contributed by atoms with Crippen LogP contribution in [0.5, 0.6) is 0 Å². The summed E-state index contributed by atoms with van der Waals surface area (Å²) in [5.41, 5.74) is 10.2. The molecule has 1 amide bonds. The van der Waals surface area contributed by atoms with Gasteiger partial charge in [0.15, 0.2) is 0 Å². The van der Waals surface area contributed by atoms with Crippen molar-refractivity contribution in [1.82, 2.24) is 4.57 Å². The number of rotatable bonds is 3. The molecule has 0 bridgehead atoms. The van der Waals surface area contributed by atoms with Crippen molar-refractivity contribution in [2.45, 2.75) is 52.5 Å². The Bertz CT molecular complexity index is 697. The van der Waals surface area contributed by atoms with Crippen LogP contribution in [0.3, 0.4) is 0 Å². The monoisotopic (exact) mass is 284 g/mol. The van der Waals surface area contributed by atoms with Crippen molar-refractivity contribution in [3.63, 3.8) is 0 Å². The summed E-state index contributed by atoms with van der Waals surface area (Å²) in [7, 11) is 0. The van der Waals surface area contributed by atoms with E-state index in [1.54, 1.807) is 0 Å². The number of benzene rings is 1. The van der Waals surface area contributed by atoms with E-state index in [4.69, 9.17) is 5.73 Å². The predicted octanol–water partition coefficient (Wildman–Crippen LogP) is 3.84. The molecule has 3 heteroatoms. The van der Waals surface area contributed by atoms with Gasteiger partial charge in [-0.3, -0.25) is 4.79 Å². The quantitative estimate of drug-likeness (QED) is 0.914. The number of carbonyl (C=O) groups is 1. The van der Waals surface area contributed by atoms with Crippen molar-refractivity contribution in [2.75, 3.05) is 0 Å². The fraction of sp³-hybridized carbons (Fsp3) is 0.500. The average Bonchev–Trinajstić information content (AvgIpc) is 2.73. The molecule has 1 aliphatic rings. The number of aromatic nitrogens is 1. The number of hydrogen-bond donors (Lipinski definition) is 1. The third-order valence-electron chi connectivity index (χ3n) is 4.58. The first kappa shape index (κ1) is 14.2. The summed E-state index contributed by atoms with van der Waals surface area (Å²) in [5, 5.41) is 1.23. The van der Waals surface area contributed by atoms with Gasteiger partial charge in [0.25, 0.3) is 0 Å². The Morgan fingerprint density at radius 3 is 2.86 bits per heavy atom. The van der Waals surface area contributed by atoms with Crippen LogP contribution in [0.2, 0.25) is 0 Å². The highest BCUT2D eigenvalue weighted by molar-refractivity contribution is 5.98. The first-order valence-corrected chi connectivity index (χ1v) is 7.94. The minimum atomic E-state index is -0.342. The number of primary amides is 1. The van der Waals surface area contributed by atoms with E-state index in [1.807, 2.05) is 12.1 Å². The van der Waals surface area contributed by atoms with Crippen LogP contribution in [0.25, 0.3) is 10.9 Å². The molecule has 0 radical (unpaired) electrons. The standard InChI is InChI=1S/C18H24N2O/c1-11(2)10-20-16-8-7-13(18(19)21)9-15(16)14-6-4-5-12(3)17(14)20/h7-9,11-12H,4-6,10H2,1-3H3,(H2,19,21). The van der Waals surface area contributed by atoms with Gasteiger partial charge in [0.1, 0.15) is 0 Å². The van der Waals surface area contributed by atoms with Crippen molar-refractivity contribution in [3.8, 4) is 0 Å². The molecule has 112 valence electrons. The van der Waals surface area contributed by atoms with Crippen LogP contribution in [0.4, 0.5) is 0 Å².